The predicted molar refractivity (Wildman–Crippen MR) is 131 cm³/mol. The molecule has 4 atom stereocenters. The fourth-order valence-electron chi connectivity index (χ4n) is 6.06. The molecule has 0 spiro atoms. The van der Waals surface area contributed by atoms with Crippen LogP contribution < -0.4 is 5.32 Å². The number of anilines is 1. The van der Waals surface area contributed by atoms with E-state index in [9.17, 15) is 18.0 Å². The molecule has 1 saturated heterocycles. The van der Waals surface area contributed by atoms with Gasteiger partial charge < -0.3 is 15.1 Å². The first-order valence-electron chi connectivity index (χ1n) is 12.9. The molecule has 1 aromatic heterocycles. The number of hydrogen-bond acceptors (Lipinski definition) is 5. The zero-order valence-electron chi connectivity index (χ0n) is 20.8. The second-order valence-corrected chi connectivity index (χ2v) is 9.77. The van der Waals surface area contributed by atoms with Crippen molar-refractivity contribution in [3.8, 4) is 0 Å². The quantitative estimate of drug-likeness (QED) is 0.540. The number of alkyl halides is 3. The van der Waals surface area contributed by atoms with E-state index in [-0.39, 0.29) is 23.2 Å². The number of carbonyl (C=O) groups is 1. The van der Waals surface area contributed by atoms with Gasteiger partial charge in [0.2, 0.25) is 5.91 Å². The van der Waals surface area contributed by atoms with E-state index in [4.69, 9.17) is 0 Å². The first kappa shape index (κ1) is 25.7. The van der Waals surface area contributed by atoms with Gasteiger partial charge in [0.25, 0.3) is 0 Å². The topological polar surface area (TPSA) is 61.4 Å². The predicted octanol–water partition coefficient (Wildman–Crippen LogP) is 5.34. The number of nitrogens with one attached hydrogen (secondary N) is 1. The van der Waals surface area contributed by atoms with Gasteiger partial charge in [-0.05, 0) is 69.3 Å². The smallest absolute Gasteiger partial charge is 0.358 e. The van der Waals surface area contributed by atoms with E-state index in [2.05, 4.69) is 41.0 Å². The maximum Gasteiger partial charge on any atom is 0.416 e. The van der Waals surface area contributed by atoms with Crippen LogP contribution in [0.4, 0.5) is 19.0 Å². The molecule has 4 rings (SSSR count). The van der Waals surface area contributed by atoms with Crippen LogP contribution in [0.1, 0.15) is 64.9 Å². The largest absolute Gasteiger partial charge is 0.416 e. The number of aromatic nitrogens is 2. The van der Waals surface area contributed by atoms with Gasteiger partial charge in [0.15, 0.2) is 0 Å². The number of benzene rings is 1. The Morgan fingerprint density at radius 2 is 1.89 bits per heavy atom. The molecule has 35 heavy (non-hydrogen) atoms. The molecule has 1 unspecified atom stereocenters. The summed E-state index contributed by atoms with van der Waals surface area (Å²) in [5.41, 5.74) is -0.342. The Balaban J connectivity index is 1.50. The van der Waals surface area contributed by atoms with Crippen molar-refractivity contribution in [3.63, 3.8) is 0 Å². The maximum atomic E-state index is 13.5. The summed E-state index contributed by atoms with van der Waals surface area (Å²) in [6.07, 6.45) is 2.85. The summed E-state index contributed by atoms with van der Waals surface area (Å²) in [7, 11) is 0. The van der Waals surface area contributed by atoms with Crippen molar-refractivity contribution in [2.24, 2.45) is 5.92 Å². The highest BCUT2D eigenvalue weighted by molar-refractivity contribution is 5.93. The van der Waals surface area contributed by atoms with Gasteiger partial charge >= 0.3 is 6.18 Å². The zero-order chi connectivity index (χ0) is 25.2. The lowest BCUT2D eigenvalue weighted by Crippen LogP contribution is -2.50. The van der Waals surface area contributed by atoms with Gasteiger partial charge in [-0.1, -0.05) is 27.2 Å². The molecular formula is C26H36F3N5O. The third-order valence-corrected chi connectivity index (χ3v) is 7.82. The molecule has 0 radical (unpaired) electrons. The number of hydrogen-bond donors (Lipinski definition) is 1. The highest BCUT2D eigenvalue weighted by Gasteiger charge is 2.42. The van der Waals surface area contributed by atoms with Crippen LogP contribution in [0, 0.1) is 5.92 Å². The normalized spacial score (nSPS) is 25.6. The fourth-order valence-corrected chi connectivity index (χ4v) is 6.06. The van der Waals surface area contributed by atoms with Gasteiger partial charge in [0, 0.05) is 24.0 Å². The second kappa shape index (κ2) is 10.7. The minimum atomic E-state index is -4.46. The molecule has 1 N–H and O–H groups in total. The Hall–Kier alpha value is -2.42. The van der Waals surface area contributed by atoms with Crippen LogP contribution in [0.5, 0.6) is 0 Å². The summed E-state index contributed by atoms with van der Waals surface area (Å²) >= 11 is 0. The van der Waals surface area contributed by atoms with Crippen LogP contribution in [0.25, 0.3) is 10.9 Å². The molecule has 6 nitrogen and oxygen atoms in total. The van der Waals surface area contributed by atoms with E-state index in [1.54, 1.807) is 0 Å². The number of fused-ring (bicyclic) bond motifs is 1. The molecular weight excluding hydrogens is 455 g/mol. The van der Waals surface area contributed by atoms with Crippen molar-refractivity contribution in [1.82, 2.24) is 19.8 Å². The van der Waals surface area contributed by atoms with E-state index in [1.165, 1.54) is 12.4 Å². The monoisotopic (exact) mass is 491 g/mol. The lowest BCUT2D eigenvalue weighted by molar-refractivity contribution is -0.137. The van der Waals surface area contributed by atoms with Crippen LogP contribution in [-0.4, -0.2) is 63.4 Å². The van der Waals surface area contributed by atoms with Crippen molar-refractivity contribution in [2.45, 2.75) is 83.6 Å². The van der Waals surface area contributed by atoms with E-state index in [0.29, 0.717) is 30.4 Å². The second-order valence-electron chi connectivity index (χ2n) is 9.77. The number of amides is 1. The van der Waals surface area contributed by atoms with E-state index in [0.717, 1.165) is 57.3 Å². The molecule has 1 aromatic carbocycles. The summed E-state index contributed by atoms with van der Waals surface area (Å²) in [6, 6.07) is 3.72. The Labute approximate surface area is 205 Å². The first-order valence-corrected chi connectivity index (χ1v) is 12.9. The molecule has 1 aliphatic heterocycles. The number of carbonyl (C=O) groups excluding carboxylic acids is 1. The zero-order valence-corrected chi connectivity index (χ0v) is 20.8. The van der Waals surface area contributed by atoms with E-state index in [1.807, 2.05) is 4.90 Å². The van der Waals surface area contributed by atoms with Gasteiger partial charge in [-0.25, -0.2) is 9.97 Å². The van der Waals surface area contributed by atoms with Gasteiger partial charge in [-0.3, -0.25) is 4.79 Å². The van der Waals surface area contributed by atoms with Gasteiger partial charge in [-0.15, -0.1) is 0 Å². The Morgan fingerprint density at radius 3 is 2.57 bits per heavy atom. The van der Waals surface area contributed by atoms with Crippen LogP contribution in [0.2, 0.25) is 0 Å². The Morgan fingerprint density at radius 1 is 1.11 bits per heavy atom. The van der Waals surface area contributed by atoms with Crippen molar-refractivity contribution in [2.75, 3.05) is 25.0 Å². The fraction of sp³-hybridized carbons (Fsp3) is 0.654. The Bertz CT molecular complexity index is 1030. The molecule has 0 bridgehead atoms. The molecule has 2 aromatic rings. The molecule has 9 heteroatoms. The van der Waals surface area contributed by atoms with E-state index < -0.39 is 17.8 Å². The van der Waals surface area contributed by atoms with Crippen molar-refractivity contribution >= 4 is 22.6 Å². The van der Waals surface area contributed by atoms with Crippen LogP contribution >= 0.6 is 0 Å². The molecule has 1 aliphatic carbocycles. The third kappa shape index (κ3) is 5.39. The Kier molecular flexibility index (Phi) is 7.83. The summed E-state index contributed by atoms with van der Waals surface area (Å²) in [5.74, 6) is 0.768. The molecule has 2 fully saturated rings. The standard InChI is InChI=1S/C26H36F3N5O/c1-4-7-17-14-19(33(5-2)6-3)9-11-23(17)34-13-12-22(25(34)35)32-24-20-15-18(26(27,28)29)8-10-21(20)30-16-31-24/h8,10,15-17,19,22-23H,4-7,9,11-14H2,1-3H3,(H,30,31,32)/t17-,19-,22?,23+/m1/s1. The van der Waals surface area contributed by atoms with Gasteiger partial charge in [0.1, 0.15) is 18.2 Å². The number of rotatable bonds is 8. The number of nitrogens with zero attached hydrogens (tertiary/aromatic N) is 4. The lowest BCUT2D eigenvalue weighted by Gasteiger charge is -2.44. The minimum Gasteiger partial charge on any atom is -0.358 e. The minimum absolute atomic E-state index is 0.0242. The highest BCUT2D eigenvalue weighted by Crippen LogP contribution is 2.37. The maximum absolute atomic E-state index is 13.5. The van der Waals surface area contributed by atoms with Crippen molar-refractivity contribution in [3.05, 3.63) is 30.1 Å². The summed E-state index contributed by atoms with van der Waals surface area (Å²) in [6.45, 7) is 9.36. The highest BCUT2D eigenvalue weighted by atomic mass is 19.4. The van der Waals surface area contributed by atoms with E-state index >= 15 is 0 Å². The molecule has 2 aliphatic rings. The van der Waals surface area contributed by atoms with Crippen LogP contribution in [0.3, 0.4) is 0 Å². The third-order valence-electron chi connectivity index (χ3n) is 7.82. The summed E-state index contributed by atoms with van der Waals surface area (Å²) < 4.78 is 39.8. The molecule has 192 valence electrons. The van der Waals surface area contributed by atoms with Crippen molar-refractivity contribution in [1.29, 1.82) is 0 Å². The average Bonchev–Trinajstić information content (AvgIpc) is 3.19. The van der Waals surface area contributed by atoms with Gasteiger partial charge in [-0.2, -0.15) is 13.2 Å². The summed E-state index contributed by atoms with van der Waals surface area (Å²) in [4.78, 5) is 26.3. The van der Waals surface area contributed by atoms with Crippen LogP contribution in [0.15, 0.2) is 24.5 Å². The first-order chi connectivity index (χ1) is 16.8. The lowest BCUT2D eigenvalue weighted by atomic mass is 9.78. The van der Waals surface area contributed by atoms with Gasteiger partial charge in [0.05, 0.1) is 11.1 Å². The average molecular weight is 492 g/mol. The summed E-state index contributed by atoms with van der Waals surface area (Å²) in [5, 5.41) is 3.43. The molecule has 2 heterocycles. The SMILES string of the molecule is CCC[C@@H]1C[C@H](N(CC)CC)CC[C@@H]1N1CCC(Nc2ncnc3ccc(C(F)(F)F)cc23)C1=O. The van der Waals surface area contributed by atoms with Crippen molar-refractivity contribution < 1.29 is 18.0 Å². The number of likely N-dealkylation sites (tertiary alicyclic amines) is 1. The number of halogens is 3. The molecule has 1 saturated carbocycles. The van der Waals surface area contributed by atoms with Crippen LogP contribution in [-0.2, 0) is 11.0 Å². The molecule has 1 amide bonds.